The SMILES string of the molecule is COc1ccccc1C(=O)C1(N)CCCCC1. The zero-order valence-corrected chi connectivity index (χ0v) is 10.2. The van der Waals surface area contributed by atoms with Crippen LogP contribution in [0.4, 0.5) is 0 Å². The highest BCUT2D eigenvalue weighted by Gasteiger charge is 2.36. The number of ether oxygens (including phenoxy) is 1. The number of para-hydroxylation sites is 1. The van der Waals surface area contributed by atoms with Crippen molar-refractivity contribution >= 4 is 5.78 Å². The molecule has 2 rings (SSSR count). The van der Waals surface area contributed by atoms with Crippen molar-refractivity contribution in [2.75, 3.05) is 7.11 Å². The molecule has 0 aliphatic heterocycles. The number of benzene rings is 1. The minimum absolute atomic E-state index is 0.0228. The van der Waals surface area contributed by atoms with Gasteiger partial charge in [0.2, 0.25) is 0 Å². The highest BCUT2D eigenvalue weighted by Crippen LogP contribution is 2.31. The van der Waals surface area contributed by atoms with Crippen molar-refractivity contribution in [1.82, 2.24) is 0 Å². The van der Waals surface area contributed by atoms with E-state index in [4.69, 9.17) is 10.5 Å². The molecule has 1 saturated carbocycles. The third-order valence-corrected chi connectivity index (χ3v) is 3.55. The van der Waals surface area contributed by atoms with E-state index in [-0.39, 0.29) is 5.78 Å². The molecule has 3 heteroatoms. The second kappa shape index (κ2) is 4.88. The molecule has 0 aromatic heterocycles. The van der Waals surface area contributed by atoms with Gasteiger partial charge in [-0.3, -0.25) is 4.79 Å². The number of nitrogens with two attached hydrogens (primary N) is 1. The minimum Gasteiger partial charge on any atom is -0.496 e. The van der Waals surface area contributed by atoms with E-state index < -0.39 is 5.54 Å². The van der Waals surface area contributed by atoms with Crippen molar-refractivity contribution in [3.8, 4) is 5.75 Å². The summed E-state index contributed by atoms with van der Waals surface area (Å²) >= 11 is 0. The van der Waals surface area contributed by atoms with Gasteiger partial charge in [-0.25, -0.2) is 0 Å². The first-order valence-corrected chi connectivity index (χ1v) is 6.14. The smallest absolute Gasteiger partial charge is 0.186 e. The van der Waals surface area contributed by atoms with Gasteiger partial charge < -0.3 is 10.5 Å². The van der Waals surface area contributed by atoms with Crippen LogP contribution in [-0.4, -0.2) is 18.4 Å². The Bertz CT molecular complexity index is 408. The second-order valence-electron chi connectivity index (χ2n) is 4.75. The van der Waals surface area contributed by atoms with Crippen LogP contribution >= 0.6 is 0 Å². The molecule has 0 atom stereocenters. The molecule has 1 fully saturated rings. The Morgan fingerprint density at radius 3 is 2.53 bits per heavy atom. The van der Waals surface area contributed by atoms with Crippen molar-refractivity contribution in [3.05, 3.63) is 29.8 Å². The Morgan fingerprint density at radius 2 is 1.88 bits per heavy atom. The Kier molecular flexibility index (Phi) is 3.48. The van der Waals surface area contributed by atoms with E-state index in [9.17, 15) is 4.79 Å². The Hall–Kier alpha value is -1.35. The molecule has 1 aromatic rings. The molecule has 17 heavy (non-hydrogen) atoms. The maximum atomic E-state index is 12.5. The fourth-order valence-corrected chi connectivity index (χ4v) is 2.51. The Balaban J connectivity index is 2.29. The number of hydrogen-bond donors (Lipinski definition) is 1. The molecule has 92 valence electrons. The van der Waals surface area contributed by atoms with Gasteiger partial charge in [-0.1, -0.05) is 31.4 Å². The highest BCUT2D eigenvalue weighted by atomic mass is 16.5. The number of methoxy groups -OCH3 is 1. The van der Waals surface area contributed by atoms with Crippen molar-refractivity contribution in [2.24, 2.45) is 5.73 Å². The summed E-state index contributed by atoms with van der Waals surface area (Å²) in [5.74, 6) is 0.641. The lowest BCUT2D eigenvalue weighted by atomic mass is 9.77. The molecule has 0 spiro atoms. The molecule has 1 aliphatic rings. The van der Waals surface area contributed by atoms with Crippen LogP contribution in [0.1, 0.15) is 42.5 Å². The lowest BCUT2D eigenvalue weighted by Crippen LogP contribution is -2.49. The summed E-state index contributed by atoms with van der Waals surface area (Å²) < 4.78 is 5.23. The predicted octanol–water partition coefficient (Wildman–Crippen LogP) is 2.54. The molecule has 0 bridgehead atoms. The van der Waals surface area contributed by atoms with Crippen molar-refractivity contribution < 1.29 is 9.53 Å². The van der Waals surface area contributed by atoms with Crippen LogP contribution in [0.15, 0.2) is 24.3 Å². The third-order valence-electron chi connectivity index (χ3n) is 3.55. The summed E-state index contributed by atoms with van der Waals surface area (Å²) in [4.78, 5) is 12.5. The van der Waals surface area contributed by atoms with Gasteiger partial charge in [-0.15, -0.1) is 0 Å². The molecule has 0 unspecified atom stereocenters. The predicted molar refractivity (Wildman–Crippen MR) is 67.3 cm³/mol. The zero-order valence-electron chi connectivity index (χ0n) is 10.2. The first-order valence-electron chi connectivity index (χ1n) is 6.14. The first kappa shape index (κ1) is 12.1. The fraction of sp³-hybridized carbons (Fsp3) is 0.500. The molecule has 0 saturated heterocycles. The standard InChI is InChI=1S/C14H19NO2/c1-17-12-8-4-3-7-11(12)13(16)14(15)9-5-2-6-10-14/h3-4,7-8H,2,5-6,9-10,15H2,1H3. The normalized spacial score (nSPS) is 18.7. The van der Waals surface area contributed by atoms with Crippen molar-refractivity contribution in [2.45, 2.75) is 37.6 Å². The molecular weight excluding hydrogens is 214 g/mol. The van der Waals surface area contributed by atoms with Crippen LogP contribution < -0.4 is 10.5 Å². The average Bonchev–Trinajstić information content (AvgIpc) is 2.38. The monoisotopic (exact) mass is 233 g/mol. The van der Waals surface area contributed by atoms with E-state index in [1.165, 1.54) is 6.42 Å². The molecular formula is C14H19NO2. The van der Waals surface area contributed by atoms with Crippen LogP contribution in [0.2, 0.25) is 0 Å². The fourth-order valence-electron chi connectivity index (χ4n) is 2.51. The Labute approximate surface area is 102 Å². The van der Waals surface area contributed by atoms with Gasteiger partial charge in [0, 0.05) is 0 Å². The van der Waals surface area contributed by atoms with Gasteiger partial charge in [-0.05, 0) is 25.0 Å². The third kappa shape index (κ3) is 2.34. The van der Waals surface area contributed by atoms with E-state index in [1.54, 1.807) is 19.2 Å². The number of hydrogen-bond acceptors (Lipinski definition) is 3. The Morgan fingerprint density at radius 1 is 1.24 bits per heavy atom. The largest absolute Gasteiger partial charge is 0.496 e. The molecule has 0 heterocycles. The van der Waals surface area contributed by atoms with Gasteiger partial charge in [0.15, 0.2) is 5.78 Å². The topological polar surface area (TPSA) is 52.3 Å². The highest BCUT2D eigenvalue weighted by molar-refractivity contribution is 6.05. The molecule has 3 nitrogen and oxygen atoms in total. The lowest BCUT2D eigenvalue weighted by molar-refractivity contribution is 0.0844. The van der Waals surface area contributed by atoms with Crippen LogP contribution in [-0.2, 0) is 0 Å². The number of Topliss-reactive ketones (excluding diaryl/α,β-unsaturated/α-hetero) is 1. The zero-order chi connectivity index (χ0) is 12.3. The summed E-state index contributed by atoms with van der Waals surface area (Å²) in [5.41, 5.74) is 6.18. The van der Waals surface area contributed by atoms with Gasteiger partial charge in [0.25, 0.3) is 0 Å². The van der Waals surface area contributed by atoms with E-state index in [0.29, 0.717) is 11.3 Å². The molecule has 0 amide bonds. The quantitative estimate of drug-likeness (QED) is 0.816. The molecule has 1 aliphatic carbocycles. The molecule has 2 N–H and O–H groups in total. The molecule has 1 aromatic carbocycles. The van der Waals surface area contributed by atoms with Gasteiger partial charge in [-0.2, -0.15) is 0 Å². The van der Waals surface area contributed by atoms with Crippen molar-refractivity contribution in [1.29, 1.82) is 0 Å². The number of carbonyl (C=O) groups is 1. The summed E-state index contributed by atoms with van der Waals surface area (Å²) in [6.07, 6.45) is 4.82. The maximum Gasteiger partial charge on any atom is 0.186 e. The van der Waals surface area contributed by atoms with Crippen LogP contribution in [0.5, 0.6) is 5.75 Å². The second-order valence-corrected chi connectivity index (χ2v) is 4.75. The van der Waals surface area contributed by atoms with Gasteiger partial charge in [0.1, 0.15) is 5.75 Å². The summed E-state index contributed by atoms with van der Waals surface area (Å²) in [6, 6.07) is 7.31. The van der Waals surface area contributed by atoms with Crippen molar-refractivity contribution in [3.63, 3.8) is 0 Å². The first-order chi connectivity index (χ1) is 8.17. The van der Waals surface area contributed by atoms with E-state index in [2.05, 4.69) is 0 Å². The number of ketones is 1. The number of carbonyl (C=O) groups excluding carboxylic acids is 1. The van der Waals surface area contributed by atoms with Crippen LogP contribution in [0.25, 0.3) is 0 Å². The van der Waals surface area contributed by atoms with Gasteiger partial charge >= 0.3 is 0 Å². The van der Waals surface area contributed by atoms with E-state index in [0.717, 1.165) is 25.7 Å². The maximum absolute atomic E-state index is 12.5. The van der Waals surface area contributed by atoms with Crippen LogP contribution in [0, 0.1) is 0 Å². The average molecular weight is 233 g/mol. The summed E-state index contributed by atoms with van der Waals surface area (Å²) in [6.45, 7) is 0. The lowest BCUT2D eigenvalue weighted by Gasteiger charge is -2.32. The summed E-state index contributed by atoms with van der Waals surface area (Å²) in [5, 5.41) is 0. The van der Waals surface area contributed by atoms with Crippen LogP contribution in [0.3, 0.4) is 0 Å². The van der Waals surface area contributed by atoms with E-state index in [1.807, 2.05) is 12.1 Å². The van der Waals surface area contributed by atoms with Gasteiger partial charge in [0.05, 0.1) is 18.2 Å². The van der Waals surface area contributed by atoms with E-state index >= 15 is 0 Å². The minimum atomic E-state index is -0.688. The summed E-state index contributed by atoms with van der Waals surface area (Å²) in [7, 11) is 1.58. The molecule has 0 radical (unpaired) electrons. The number of rotatable bonds is 3.